The molecule has 0 aliphatic rings. The summed E-state index contributed by atoms with van der Waals surface area (Å²) in [4.78, 5) is 2.33. The second kappa shape index (κ2) is 16.5. The Hall–Kier alpha value is -6.74. The van der Waals surface area contributed by atoms with Crippen LogP contribution in [0.15, 0.2) is 182 Å². The van der Waals surface area contributed by atoms with Crippen LogP contribution in [0.1, 0.15) is 61.2 Å². The zero-order valence-electron chi connectivity index (χ0n) is 33.1. The van der Waals surface area contributed by atoms with Crippen molar-refractivity contribution in [3.8, 4) is 0 Å². The van der Waals surface area contributed by atoms with Crippen LogP contribution in [0.5, 0.6) is 0 Å². The summed E-state index contributed by atoms with van der Waals surface area (Å²) in [5.74, 6) is 0. The highest BCUT2D eigenvalue weighted by molar-refractivity contribution is 6.06. The van der Waals surface area contributed by atoms with E-state index in [0.717, 1.165) is 39.1 Å². The largest absolute Gasteiger partial charge is 0.392 e. The van der Waals surface area contributed by atoms with Crippen LogP contribution in [0.25, 0.3) is 34.1 Å². The van der Waals surface area contributed by atoms with Gasteiger partial charge in [0.05, 0.1) is 12.3 Å². The monoisotopic (exact) mass is 737 g/mol. The Morgan fingerprint density at radius 3 is 1.26 bits per heavy atom. The van der Waals surface area contributed by atoms with Gasteiger partial charge in [0.25, 0.3) is 0 Å². The number of aliphatic hydroxyl groups excluding tert-OH is 1. The Morgan fingerprint density at radius 2 is 0.825 bits per heavy atom. The van der Waals surface area contributed by atoms with E-state index in [9.17, 15) is 5.11 Å². The first-order valence-corrected chi connectivity index (χ1v) is 19.7. The summed E-state index contributed by atoms with van der Waals surface area (Å²) in [5, 5.41) is 12.2. The Morgan fingerprint density at radius 1 is 0.421 bits per heavy atom. The van der Waals surface area contributed by atoms with Crippen molar-refractivity contribution in [3.63, 3.8) is 0 Å². The third-order valence-electron chi connectivity index (χ3n) is 10.8. The number of aliphatic hydroxyl groups is 1. The minimum absolute atomic E-state index is 0.000127. The van der Waals surface area contributed by atoms with Crippen molar-refractivity contribution in [1.29, 1.82) is 0 Å². The average molecular weight is 738 g/mol. The molecule has 8 aromatic carbocycles. The molecular formula is C55H47NO. The predicted molar refractivity (Wildman–Crippen MR) is 243 cm³/mol. The van der Waals surface area contributed by atoms with Crippen molar-refractivity contribution in [1.82, 2.24) is 0 Å². The average Bonchev–Trinajstić information content (AvgIpc) is 3.25. The van der Waals surface area contributed by atoms with Gasteiger partial charge in [0.1, 0.15) is 0 Å². The van der Waals surface area contributed by atoms with Crippen molar-refractivity contribution in [2.24, 2.45) is 0 Å². The maximum absolute atomic E-state index is 9.91. The highest BCUT2D eigenvalue weighted by atomic mass is 16.3. The van der Waals surface area contributed by atoms with Gasteiger partial charge >= 0.3 is 0 Å². The van der Waals surface area contributed by atoms with E-state index in [1.165, 1.54) is 61.0 Å². The number of rotatable bonds is 10. The molecule has 0 amide bonds. The molecular weight excluding hydrogens is 691 g/mol. The first-order chi connectivity index (χ1) is 27.8. The summed E-state index contributed by atoms with van der Waals surface area (Å²) in [6, 6.07) is 65.4. The van der Waals surface area contributed by atoms with E-state index < -0.39 is 0 Å². The molecule has 0 radical (unpaired) electrons. The normalized spacial score (nSPS) is 11.0. The molecule has 278 valence electrons. The van der Waals surface area contributed by atoms with Gasteiger partial charge < -0.3 is 10.0 Å². The zero-order valence-corrected chi connectivity index (χ0v) is 33.1. The number of hydrogen-bond acceptors (Lipinski definition) is 2. The molecule has 57 heavy (non-hydrogen) atoms. The summed E-state index contributed by atoms with van der Waals surface area (Å²) < 4.78 is 0. The Bertz CT molecular complexity index is 2590. The number of nitrogens with zero attached hydrogens (tertiary/aromatic N) is 1. The lowest BCUT2D eigenvalue weighted by atomic mass is 9.92. The topological polar surface area (TPSA) is 23.5 Å². The summed E-state index contributed by atoms with van der Waals surface area (Å²) in [7, 11) is 0. The standard InChI is InChI=1S/C55H47NO/c1-38-9-21-44(22-10-38)53(45-23-11-39(2)12-24-45)35-42-17-30-49(31-18-42)56(50-32-19-43(37-57)20-33-50)55-34-29-48(51-7-5-6-8-52(51)55)36-54(46-25-13-40(3)14-26-46)47-27-15-41(4)16-28-47/h5-36,57H,37H2,1-4H3. The second-order valence-corrected chi connectivity index (χ2v) is 15.1. The van der Waals surface area contributed by atoms with E-state index in [-0.39, 0.29) is 6.61 Å². The quantitative estimate of drug-likeness (QED) is 0.141. The minimum Gasteiger partial charge on any atom is -0.392 e. The maximum Gasteiger partial charge on any atom is 0.0681 e. The van der Waals surface area contributed by atoms with Crippen molar-refractivity contribution >= 4 is 51.1 Å². The lowest BCUT2D eigenvalue weighted by Crippen LogP contribution is -2.11. The highest BCUT2D eigenvalue weighted by Gasteiger charge is 2.18. The Kier molecular flexibility index (Phi) is 10.8. The molecule has 0 bridgehead atoms. The van der Waals surface area contributed by atoms with E-state index in [1.54, 1.807) is 0 Å². The van der Waals surface area contributed by atoms with E-state index in [4.69, 9.17) is 0 Å². The molecule has 8 rings (SSSR count). The van der Waals surface area contributed by atoms with Gasteiger partial charge in [0.15, 0.2) is 0 Å². The van der Waals surface area contributed by atoms with Crippen molar-refractivity contribution in [2.75, 3.05) is 4.90 Å². The molecule has 0 saturated carbocycles. The number of aryl methyl sites for hydroxylation is 4. The molecule has 2 nitrogen and oxygen atoms in total. The fourth-order valence-corrected chi connectivity index (χ4v) is 7.45. The number of fused-ring (bicyclic) bond motifs is 1. The minimum atomic E-state index is -0.000127. The molecule has 0 heterocycles. The fourth-order valence-electron chi connectivity index (χ4n) is 7.45. The number of benzene rings is 8. The second-order valence-electron chi connectivity index (χ2n) is 15.1. The third kappa shape index (κ3) is 8.28. The molecule has 0 aromatic heterocycles. The lowest BCUT2D eigenvalue weighted by molar-refractivity contribution is 0.282. The first kappa shape index (κ1) is 37.2. The SMILES string of the molecule is Cc1ccc(C(=Cc2ccc(N(c3ccc(CO)cc3)c3ccc(C=C(c4ccc(C)cc4)c4ccc(C)cc4)c4ccccc34)cc2)c2ccc(C)cc2)cc1. The van der Waals surface area contributed by atoms with E-state index in [1.807, 2.05) is 12.1 Å². The van der Waals surface area contributed by atoms with Gasteiger partial charge in [0.2, 0.25) is 0 Å². The van der Waals surface area contributed by atoms with E-state index >= 15 is 0 Å². The maximum atomic E-state index is 9.91. The lowest BCUT2D eigenvalue weighted by Gasteiger charge is -2.27. The summed E-state index contributed by atoms with van der Waals surface area (Å²) in [5.41, 5.74) is 18.4. The molecule has 0 atom stereocenters. The summed E-state index contributed by atoms with van der Waals surface area (Å²) >= 11 is 0. The molecule has 0 spiro atoms. The molecule has 2 heteroatoms. The van der Waals surface area contributed by atoms with Crippen molar-refractivity contribution in [3.05, 3.63) is 243 Å². The zero-order chi connectivity index (χ0) is 39.3. The van der Waals surface area contributed by atoms with Gasteiger partial charge in [-0.25, -0.2) is 0 Å². The Labute approximate surface area is 337 Å². The first-order valence-electron chi connectivity index (χ1n) is 19.7. The van der Waals surface area contributed by atoms with Gasteiger partial charge in [-0.05, 0) is 126 Å². The molecule has 0 fully saturated rings. The van der Waals surface area contributed by atoms with Gasteiger partial charge in [0, 0.05) is 16.8 Å². The van der Waals surface area contributed by atoms with Crippen molar-refractivity contribution < 1.29 is 5.11 Å². The van der Waals surface area contributed by atoms with Crippen LogP contribution in [-0.4, -0.2) is 5.11 Å². The van der Waals surface area contributed by atoms with Crippen LogP contribution in [-0.2, 0) is 6.61 Å². The van der Waals surface area contributed by atoms with Crippen molar-refractivity contribution in [2.45, 2.75) is 34.3 Å². The van der Waals surface area contributed by atoms with E-state index in [0.29, 0.717) is 0 Å². The van der Waals surface area contributed by atoms with Crippen LogP contribution in [0, 0.1) is 27.7 Å². The molecule has 0 aliphatic carbocycles. The summed E-state index contributed by atoms with van der Waals surface area (Å²) in [6.07, 6.45) is 4.62. The molecule has 0 unspecified atom stereocenters. The Balaban J connectivity index is 1.25. The number of anilines is 3. The van der Waals surface area contributed by atoms with Gasteiger partial charge in [-0.15, -0.1) is 0 Å². The van der Waals surface area contributed by atoms with Gasteiger partial charge in [-0.1, -0.05) is 174 Å². The fraction of sp³-hybridized carbons (Fsp3) is 0.0909. The molecule has 8 aromatic rings. The highest BCUT2D eigenvalue weighted by Crippen LogP contribution is 2.41. The van der Waals surface area contributed by atoms with Crippen LogP contribution in [0.2, 0.25) is 0 Å². The summed E-state index contributed by atoms with van der Waals surface area (Å²) in [6.45, 7) is 8.52. The van der Waals surface area contributed by atoms with Crippen LogP contribution >= 0.6 is 0 Å². The van der Waals surface area contributed by atoms with Crippen LogP contribution < -0.4 is 4.90 Å². The third-order valence-corrected chi connectivity index (χ3v) is 10.8. The van der Waals surface area contributed by atoms with E-state index in [2.05, 4.69) is 215 Å². The molecule has 1 N–H and O–H groups in total. The van der Waals surface area contributed by atoms with Gasteiger partial charge in [-0.2, -0.15) is 0 Å². The molecule has 0 aliphatic heterocycles. The van der Waals surface area contributed by atoms with Gasteiger partial charge in [-0.3, -0.25) is 0 Å². The smallest absolute Gasteiger partial charge is 0.0681 e. The predicted octanol–water partition coefficient (Wildman–Crippen LogP) is 14.2. The van der Waals surface area contributed by atoms with Crippen LogP contribution in [0.3, 0.4) is 0 Å². The molecule has 0 saturated heterocycles. The van der Waals surface area contributed by atoms with Crippen LogP contribution in [0.4, 0.5) is 17.1 Å². The number of hydrogen-bond donors (Lipinski definition) is 1.